The molecule has 0 bridgehead atoms. The number of hydrogen-bond donors (Lipinski definition) is 0. The van der Waals surface area contributed by atoms with Crippen molar-refractivity contribution in [2.45, 2.75) is 13.3 Å². The van der Waals surface area contributed by atoms with Crippen molar-refractivity contribution in [3.63, 3.8) is 0 Å². The Morgan fingerprint density at radius 2 is 0.960 bits per heavy atom. The number of hydrogen-bond acceptors (Lipinski definition) is 3. The van der Waals surface area contributed by atoms with E-state index < -0.39 is 0 Å². The van der Waals surface area contributed by atoms with Gasteiger partial charge < -0.3 is 0 Å². The Kier molecular flexibility index (Phi) is 9.75. The van der Waals surface area contributed by atoms with Crippen LogP contribution in [-0.2, 0) is 6.42 Å². The summed E-state index contributed by atoms with van der Waals surface area (Å²) in [4.78, 5) is 14.4. The van der Waals surface area contributed by atoms with Crippen LogP contribution >= 0.6 is 0 Å². The smallest absolute Gasteiger partial charge is 0.164 e. The molecular weight excluding hydrogens is 607 g/mol. The molecule has 1 heterocycles. The molecular formula is C47H37N3. The summed E-state index contributed by atoms with van der Waals surface area (Å²) in [6, 6.07) is 54.3. The monoisotopic (exact) mass is 643 g/mol. The van der Waals surface area contributed by atoms with E-state index in [4.69, 9.17) is 15.0 Å². The number of nitrogens with zero attached hydrogens (tertiary/aromatic N) is 3. The minimum atomic E-state index is 0.669. The molecule has 240 valence electrons. The molecule has 1 aliphatic rings. The van der Waals surface area contributed by atoms with Gasteiger partial charge in [0.15, 0.2) is 17.5 Å². The van der Waals surface area contributed by atoms with Gasteiger partial charge in [0.05, 0.1) is 0 Å². The maximum Gasteiger partial charge on any atom is 0.164 e. The van der Waals surface area contributed by atoms with Gasteiger partial charge in [0.1, 0.15) is 0 Å². The summed E-state index contributed by atoms with van der Waals surface area (Å²) in [6.45, 7) is 5.82. The van der Waals surface area contributed by atoms with Crippen LogP contribution in [0, 0.1) is 6.92 Å². The second-order valence-electron chi connectivity index (χ2n) is 12.2. The predicted molar refractivity (Wildman–Crippen MR) is 209 cm³/mol. The fourth-order valence-electron chi connectivity index (χ4n) is 6.23. The fourth-order valence-corrected chi connectivity index (χ4v) is 6.23. The van der Waals surface area contributed by atoms with E-state index in [-0.39, 0.29) is 0 Å². The van der Waals surface area contributed by atoms with Crippen LogP contribution in [0.4, 0.5) is 0 Å². The first-order chi connectivity index (χ1) is 24.7. The maximum absolute atomic E-state index is 4.83. The average Bonchev–Trinajstić information content (AvgIpc) is 3.19. The van der Waals surface area contributed by atoms with Gasteiger partial charge >= 0.3 is 0 Å². The Bertz CT molecular complexity index is 2260. The summed E-state index contributed by atoms with van der Waals surface area (Å²) in [6.07, 6.45) is 9.02. The van der Waals surface area contributed by atoms with Gasteiger partial charge in [-0.3, -0.25) is 0 Å². The number of aromatic nitrogens is 3. The molecule has 0 atom stereocenters. The Morgan fingerprint density at radius 1 is 0.460 bits per heavy atom. The van der Waals surface area contributed by atoms with E-state index in [0.29, 0.717) is 17.5 Å². The number of aryl methyl sites for hydroxylation is 1. The molecule has 0 aliphatic heterocycles. The van der Waals surface area contributed by atoms with Crippen LogP contribution < -0.4 is 0 Å². The number of allylic oxidation sites excluding steroid dienone is 5. The standard InChI is InChI=1S/C28H21N3.C19H16/c1-20-10-8-15-23(18-20)24-16-9-17-25(19-24)28-30-26(21-11-4-2-5-12-21)29-27(31-28)22-13-6-3-7-14-22;1-2-3-4-9-15-14-16-10-5-6-11-17(16)19-13-8-7-12-18(15)19/h2-19H,1H3;2-13H,1,14H2/b;4-3-,15-9+. The highest BCUT2D eigenvalue weighted by Gasteiger charge is 2.18. The Hall–Kier alpha value is -6.45. The molecule has 0 saturated heterocycles. The first kappa shape index (κ1) is 32.1. The van der Waals surface area contributed by atoms with E-state index in [1.807, 2.05) is 66.7 Å². The molecule has 0 amide bonds. The highest BCUT2D eigenvalue weighted by Crippen LogP contribution is 2.39. The summed E-state index contributed by atoms with van der Waals surface area (Å²) in [5, 5.41) is 0. The molecule has 0 fully saturated rings. The molecule has 50 heavy (non-hydrogen) atoms. The second-order valence-corrected chi connectivity index (χ2v) is 12.2. The van der Waals surface area contributed by atoms with Crippen LogP contribution in [0.1, 0.15) is 16.7 Å². The van der Waals surface area contributed by atoms with Crippen molar-refractivity contribution in [2.75, 3.05) is 0 Å². The van der Waals surface area contributed by atoms with E-state index in [9.17, 15) is 0 Å². The average molecular weight is 644 g/mol. The van der Waals surface area contributed by atoms with Crippen LogP contribution in [-0.4, -0.2) is 15.0 Å². The first-order valence-electron chi connectivity index (χ1n) is 16.9. The van der Waals surface area contributed by atoms with E-state index in [1.165, 1.54) is 39.0 Å². The van der Waals surface area contributed by atoms with Crippen molar-refractivity contribution in [3.8, 4) is 56.4 Å². The lowest BCUT2D eigenvalue weighted by Crippen LogP contribution is -2.02. The van der Waals surface area contributed by atoms with Crippen LogP contribution in [0.15, 0.2) is 189 Å². The molecule has 0 radical (unpaired) electrons. The van der Waals surface area contributed by atoms with Crippen molar-refractivity contribution >= 4 is 5.57 Å². The van der Waals surface area contributed by atoms with Crippen LogP contribution in [0.25, 0.3) is 62.0 Å². The first-order valence-corrected chi connectivity index (χ1v) is 16.9. The van der Waals surface area contributed by atoms with Crippen molar-refractivity contribution in [1.82, 2.24) is 15.0 Å². The molecule has 3 nitrogen and oxygen atoms in total. The zero-order valence-corrected chi connectivity index (χ0v) is 28.1. The van der Waals surface area contributed by atoms with E-state index in [0.717, 1.165) is 28.7 Å². The lowest BCUT2D eigenvalue weighted by Gasteiger charge is -2.22. The quantitative estimate of drug-likeness (QED) is 0.169. The molecule has 7 aromatic rings. The minimum Gasteiger partial charge on any atom is -0.208 e. The second kappa shape index (κ2) is 15.2. The zero-order chi connectivity index (χ0) is 34.1. The molecule has 1 aromatic heterocycles. The highest BCUT2D eigenvalue weighted by atomic mass is 15.0. The fraction of sp³-hybridized carbons (Fsp3) is 0.0426. The molecule has 0 unspecified atom stereocenters. The van der Waals surface area contributed by atoms with Crippen molar-refractivity contribution in [2.24, 2.45) is 0 Å². The van der Waals surface area contributed by atoms with Gasteiger partial charge in [-0.1, -0.05) is 188 Å². The normalized spacial score (nSPS) is 12.5. The molecule has 0 saturated carbocycles. The Labute approximate surface area is 294 Å². The van der Waals surface area contributed by atoms with E-state index >= 15 is 0 Å². The highest BCUT2D eigenvalue weighted by molar-refractivity contribution is 5.88. The summed E-state index contributed by atoms with van der Waals surface area (Å²) in [5.41, 5.74) is 13.3. The summed E-state index contributed by atoms with van der Waals surface area (Å²) >= 11 is 0. The maximum atomic E-state index is 4.83. The third kappa shape index (κ3) is 7.33. The van der Waals surface area contributed by atoms with Crippen LogP contribution in [0.2, 0.25) is 0 Å². The third-order valence-electron chi connectivity index (χ3n) is 8.68. The minimum absolute atomic E-state index is 0.669. The largest absolute Gasteiger partial charge is 0.208 e. The van der Waals surface area contributed by atoms with Gasteiger partial charge in [-0.25, -0.2) is 15.0 Å². The van der Waals surface area contributed by atoms with Gasteiger partial charge in [-0.15, -0.1) is 0 Å². The van der Waals surface area contributed by atoms with Gasteiger partial charge in [0.25, 0.3) is 0 Å². The van der Waals surface area contributed by atoms with E-state index in [1.54, 1.807) is 6.08 Å². The lowest BCUT2D eigenvalue weighted by atomic mass is 9.82. The van der Waals surface area contributed by atoms with Gasteiger partial charge in [0, 0.05) is 16.7 Å². The van der Waals surface area contributed by atoms with Crippen molar-refractivity contribution in [1.29, 1.82) is 0 Å². The van der Waals surface area contributed by atoms with Crippen molar-refractivity contribution in [3.05, 3.63) is 205 Å². The number of rotatable bonds is 6. The van der Waals surface area contributed by atoms with Gasteiger partial charge in [-0.2, -0.15) is 0 Å². The molecule has 6 aromatic carbocycles. The Morgan fingerprint density at radius 3 is 1.60 bits per heavy atom. The van der Waals surface area contributed by atoms with Gasteiger partial charge in [0.2, 0.25) is 0 Å². The molecule has 3 heteroatoms. The third-order valence-corrected chi connectivity index (χ3v) is 8.68. The van der Waals surface area contributed by atoms with Gasteiger partial charge in [-0.05, 0) is 58.4 Å². The number of benzene rings is 6. The zero-order valence-electron chi connectivity index (χ0n) is 28.1. The summed E-state index contributed by atoms with van der Waals surface area (Å²) in [5.74, 6) is 2.01. The molecule has 8 rings (SSSR count). The van der Waals surface area contributed by atoms with E-state index in [2.05, 4.69) is 123 Å². The molecule has 0 spiro atoms. The summed E-state index contributed by atoms with van der Waals surface area (Å²) in [7, 11) is 0. The lowest BCUT2D eigenvalue weighted by molar-refractivity contribution is 1.07. The van der Waals surface area contributed by atoms with Crippen LogP contribution in [0.5, 0.6) is 0 Å². The topological polar surface area (TPSA) is 38.7 Å². The van der Waals surface area contributed by atoms with Crippen molar-refractivity contribution < 1.29 is 0 Å². The van der Waals surface area contributed by atoms with Crippen LogP contribution in [0.3, 0.4) is 0 Å². The Balaban J connectivity index is 0.000000176. The SMILES string of the molecule is C=C/C=C\C=C1/Cc2ccccc2-c2ccccc21.Cc1cccc(-c2cccc(-c3nc(-c4ccccc4)nc(-c4ccccc4)n3)c2)c1. The predicted octanol–water partition coefficient (Wildman–Crippen LogP) is 11.9. The summed E-state index contributed by atoms with van der Waals surface area (Å²) < 4.78 is 0. The number of fused-ring (bicyclic) bond motifs is 3. The molecule has 0 N–H and O–H groups in total. The molecule has 1 aliphatic carbocycles.